The number of aliphatic imine (C=N–C) groups is 2. The fourth-order valence-electron chi connectivity index (χ4n) is 9.49. The van der Waals surface area contributed by atoms with Crippen molar-refractivity contribution in [1.29, 1.82) is 0 Å². The Balaban J connectivity index is 0.0000238. The van der Waals surface area contributed by atoms with Gasteiger partial charge in [0.2, 0.25) is 0 Å². The third kappa shape index (κ3) is 37.9. The normalized spacial score (nSPS) is 11.5. The van der Waals surface area contributed by atoms with Crippen molar-refractivity contribution in [2.45, 2.75) is 310 Å². The zero-order chi connectivity index (χ0) is 48.5. The predicted molar refractivity (Wildman–Crippen MR) is 307 cm³/mol. The maximum atomic E-state index is 5.60. The average Bonchev–Trinajstić information content (AvgIpc) is 3.35. The zero-order valence-corrected chi connectivity index (χ0v) is 47.5. The van der Waals surface area contributed by atoms with Crippen LogP contribution in [0.5, 0.6) is 0 Å². The Bertz CT molecular complexity index is 1630. The van der Waals surface area contributed by atoms with Crippen LogP contribution in [-0.4, -0.2) is 11.4 Å². The van der Waals surface area contributed by atoms with Crippen LogP contribution >= 0.6 is 0 Å². The molecule has 0 heterocycles. The molecule has 2 aromatic rings. The SMILES string of the molecule is CCCCCCCCCCCC#CCCc1ccccc1N=C(CCCCC)C(CCCCCCCCCCCCCCCCC)=Nc1ccccc1CCC#CCCCCCCCCCCC.[Pd]. The minimum atomic E-state index is 0. The van der Waals surface area contributed by atoms with E-state index < -0.39 is 0 Å². The van der Waals surface area contributed by atoms with Crippen LogP contribution in [0, 0.1) is 23.7 Å². The second-order valence-corrected chi connectivity index (χ2v) is 20.4. The second-order valence-electron chi connectivity index (χ2n) is 20.4. The van der Waals surface area contributed by atoms with Gasteiger partial charge < -0.3 is 0 Å². The zero-order valence-electron chi connectivity index (χ0n) is 45.9. The number of nitrogens with zero attached hydrogens (tertiary/aromatic N) is 2. The van der Waals surface area contributed by atoms with E-state index in [1.165, 1.54) is 247 Å². The van der Waals surface area contributed by atoms with Crippen LogP contribution in [0.1, 0.15) is 308 Å². The molecule has 0 aliphatic heterocycles. The molecule has 2 aromatic carbocycles. The molecule has 0 saturated heterocycles. The average molecular weight is 1040 g/mol. The summed E-state index contributed by atoms with van der Waals surface area (Å²) in [5.41, 5.74) is 7.25. The van der Waals surface area contributed by atoms with Gasteiger partial charge in [-0.1, -0.05) is 270 Å². The molecule has 0 radical (unpaired) electrons. The summed E-state index contributed by atoms with van der Waals surface area (Å²) in [4.78, 5) is 11.2. The van der Waals surface area contributed by atoms with Crippen LogP contribution in [-0.2, 0) is 33.3 Å². The van der Waals surface area contributed by atoms with Crippen molar-refractivity contribution < 1.29 is 20.4 Å². The Morgan fingerprint density at radius 3 is 0.884 bits per heavy atom. The molecule has 2 nitrogen and oxygen atoms in total. The van der Waals surface area contributed by atoms with Crippen molar-refractivity contribution in [3.05, 3.63) is 59.7 Å². The summed E-state index contributed by atoms with van der Waals surface area (Å²) in [6.07, 6.45) is 56.5. The minimum Gasteiger partial charge on any atom is -0.251 e. The van der Waals surface area contributed by atoms with Crippen molar-refractivity contribution in [2.75, 3.05) is 0 Å². The first-order valence-corrected chi connectivity index (χ1v) is 30.0. The van der Waals surface area contributed by atoms with Crippen LogP contribution in [0.15, 0.2) is 58.5 Å². The summed E-state index contributed by atoms with van der Waals surface area (Å²) in [6.45, 7) is 9.21. The molecule has 0 spiro atoms. The molecule has 0 aromatic heterocycles. The van der Waals surface area contributed by atoms with E-state index in [0.717, 1.165) is 69.2 Å². The van der Waals surface area contributed by atoms with Gasteiger partial charge in [0.1, 0.15) is 0 Å². The van der Waals surface area contributed by atoms with E-state index in [2.05, 4.69) is 99.9 Å². The molecule has 0 amide bonds. The van der Waals surface area contributed by atoms with Gasteiger partial charge in [0.25, 0.3) is 0 Å². The minimum absolute atomic E-state index is 0. The summed E-state index contributed by atoms with van der Waals surface area (Å²) >= 11 is 0. The number of para-hydroxylation sites is 2. The molecule has 0 bridgehead atoms. The van der Waals surface area contributed by atoms with E-state index in [-0.39, 0.29) is 20.4 Å². The van der Waals surface area contributed by atoms with Gasteiger partial charge in [-0.15, -0.1) is 23.7 Å². The van der Waals surface area contributed by atoms with E-state index in [4.69, 9.17) is 9.98 Å². The third-order valence-electron chi connectivity index (χ3n) is 14.0. The molecule has 69 heavy (non-hydrogen) atoms. The van der Waals surface area contributed by atoms with E-state index in [1.54, 1.807) is 0 Å². The molecule has 0 atom stereocenters. The molecule has 0 aliphatic rings. The van der Waals surface area contributed by atoms with Gasteiger partial charge in [-0.2, -0.15) is 0 Å². The van der Waals surface area contributed by atoms with Crippen molar-refractivity contribution in [2.24, 2.45) is 9.98 Å². The Labute approximate surface area is 444 Å². The molecule has 3 heteroatoms. The van der Waals surface area contributed by atoms with Crippen LogP contribution in [0.4, 0.5) is 11.4 Å². The van der Waals surface area contributed by atoms with Crippen LogP contribution < -0.4 is 0 Å². The number of aryl methyl sites for hydroxylation is 2. The molecule has 0 fully saturated rings. The largest absolute Gasteiger partial charge is 0.251 e. The van der Waals surface area contributed by atoms with Gasteiger partial charge in [-0.25, -0.2) is 0 Å². The van der Waals surface area contributed by atoms with Gasteiger partial charge in [0.15, 0.2) is 0 Å². The van der Waals surface area contributed by atoms with Crippen LogP contribution in [0.25, 0.3) is 0 Å². The molecule has 0 aliphatic carbocycles. The fourth-order valence-corrected chi connectivity index (χ4v) is 9.49. The molecule has 0 unspecified atom stereocenters. The Morgan fingerprint density at radius 1 is 0.304 bits per heavy atom. The Hall–Kier alpha value is -2.44. The standard InChI is InChI=1S/C66H108N2.Pd/c1-5-9-13-16-19-22-25-28-29-32-35-38-41-44-48-60-66(68-64-58-52-50-56-62(64)54-47-43-40-37-34-31-27-24-21-18-15-11-7-3)65(59-45-12-8-4)67-63-57-51-49-55-61(63)53-46-42-39-36-33-30-26-23-20-17-14-10-6-2;/h49-52,55-58H,5-38,41,44-48,53-54,59-60H2,1-4H3;. The van der Waals surface area contributed by atoms with Crippen molar-refractivity contribution in [1.82, 2.24) is 0 Å². The number of benzene rings is 2. The monoisotopic (exact) mass is 1030 g/mol. The summed E-state index contributed by atoms with van der Waals surface area (Å²) in [6, 6.07) is 17.7. The van der Waals surface area contributed by atoms with Crippen molar-refractivity contribution in [3.8, 4) is 23.7 Å². The van der Waals surface area contributed by atoms with Gasteiger partial charge in [-0.3, -0.25) is 9.98 Å². The second kappa shape index (κ2) is 50.5. The molecule has 0 N–H and O–H groups in total. The Kier molecular flexibility index (Phi) is 47.3. The summed E-state index contributed by atoms with van der Waals surface area (Å²) in [7, 11) is 0. The van der Waals surface area contributed by atoms with Crippen LogP contribution in [0.2, 0.25) is 0 Å². The van der Waals surface area contributed by atoms with Crippen molar-refractivity contribution >= 4 is 22.8 Å². The van der Waals surface area contributed by atoms with Gasteiger partial charge in [-0.05, 0) is 74.6 Å². The summed E-state index contributed by atoms with van der Waals surface area (Å²) in [5.74, 6) is 14.1. The maximum absolute atomic E-state index is 5.60. The van der Waals surface area contributed by atoms with E-state index in [1.807, 2.05) is 0 Å². The molecule has 0 saturated carbocycles. The quantitative estimate of drug-likeness (QED) is 0.0273. The molecule has 2 rings (SSSR count). The maximum Gasteiger partial charge on any atom is 0.0666 e. The summed E-state index contributed by atoms with van der Waals surface area (Å²) in [5, 5.41) is 0. The predicted octanol–water partition coefficient (Wildman–Crippen LogP) is 22.1. The van der Waals surface area contributed by atoms with E-state index >= 15 is 0 Å². The molecular weight excluding hydrogens is 927 g/mol. The van der Waals surface area contributed by atoms with Gasteiger partial charge in [0, 0.05) is 46.1 Å². The number of hydrogen-bond acceptors (Lipinski definition) is 2. The third-order valence-corrected chi connectivity index (χ3v) is 14.0. The summed E-state index contributed by atoms with van der Waals surface area (Å²) < 4.78 is 0. The van der Waals surface area contributed by atoms with Gasteiger partial charge >= 0.3 is 0 Å². The fraction of sp³-hybridized carbons (Fsp3) is 0.727. The smallest absolute Gasteiger partial charge is 0.0666 e. The topological polar surface area (TPSA) is 24.7 Å². The number of rotatable bonds is 45. The van der Waals surface area contributed by atoms with Gasteiger partial charge in [0.05, 0.1) is 22.8 Å². The molecular formula is C66H108N2Pd. The van der Waals surface area contributed by atoms with E-state index in [9.17, 15) is 0 Å². The van der Waals surface area contributed by atoms with E-state index in [0.29, 0.717) is 0 Å². The first-order valence-electron chi connectivity index (χ1n) is 30.0. The van der Waals surface area contributed by atoms with Crippen LogP contribution in [0.3, 0.4) is 0 Å². The van der Waals surface area contributed by atoms with Crippen molar-refractivity contribution in [3.63, 3.8) is 0 Å². The first kappa shape index (κ1) is 64.6. The molecule has 392 valence electrons. The number of hydrogen-bond donors (Lipinski definition) is 0. The first-order chi connectivity index (χ1) is 33.7. The Morgan fingerprint density at radius 2 is 0.551 bits per heavy atom. The number of unbranched alkanes of at least 4 members (excludes halogenated alkanes) is 34.